The molecule has 4 N–H and O–H groups in total. The van der Waals surface area contributed by atoms with Gasteiger partial charge >= 0.3 is 12.1 Å². The summed E-state index contributed by atoms with van der Waals surface area (Å²) in [4.78, 5) is 22.8. The molecule has 0 aromatic heterocycles. The van der Waals surface area contributed by atoms with Gasteiger partial charge in [0.2, 0.25) is 0 Å². The fourth-order valence-corrected chi connectivity index (χ4v) is 1.61. The quantitative estimate of drug-likeness (QED) is 0.730. The maximum atomic E-state index is 11.6. The molecule has 0 radical (unpaired) electrons. The molecule has 0 bridgehead atoms. The number of nitrogens with two attached hydrogens (primary N) is 1. The molecule has 0 fully saturated rings. The van der Waals surface area contributed by atoms with Crippen LogP contribution in [0.15, 0.2) is 24.3 Å². The van der Waals surface area contributed by atoms with Crippen molar-refractivity contribution in [3.63, 3.8) is 0 Å². The second kappa shape index (κ2) is 6.27. The van der Waals surface area contributed by atoms with E-state index in [0.29, 0.717) is 5.69 Å². The van der Waals surface area contributed by atoms with E-state index in [4.69, 9.17) is 15.6 Å². The fourth-order valence-electron chi connectivity index (χ4n) is 1.61. The fraction of sp³-hybridized carbons (Fsp3) is 0.429. The van der Waals surface area contributed by atoms with E-state index in [1.807, 2.05) is 0 Å². The molecule has 0 saturated carbocycles. The normalized spacial score (nSPS) is 12.6. The molecule has 0 heterocycles. The van der Waals surface area contributed by atoms with Crippen LogP contribution >= 0.6 is 0 Å². The minimum atomic E-state index is -1.13. The molecule has 1 amide bonds. The largest absolute Gasteiger partial charge is 0.480 e. The second-order valence-corrected chi connectivity index (χ2v) is 5.49. The van der Waals surface area contributed by atoms with Crippen LogP contribution in [0, 0.1) is 0 Å². The summed E-state index contributed by atoms with van der Waals surface area (Å²) >= 11 is 0. The number of carbonyl (C=O) groups is 2. The van der Waals surface area contributed by atoms with Crippen LogP contribution in [0.5, 0.6) is 0 Å². The lowest BCUT2D eigenvalue weighted by Crippen LogP contribution is -2.44. The summed E-state index contributed by atoms with van der Waals surface area (Å²) in [7, 11) is 0. The number of anilines is 1. The molecule has 20 heavy (non-hydrogen) atoms. The number of aliphatic carboxylic acids is 1. The molecule has 0 spiro atoms. The SMILES string of the molecule is CC(C)(C)OC(=O)N[C@@H](Cc1cccc(N)c1)C(=O)O. The Morgan fingerprint density at radius 2 is 2.05 bits per heavy atom. The Balaban J connectivity index is 2.71. The van der Waals surface area contributed by atoms with Crippen molar-refractivity contribution in [3.05, 3.63) is 29.8 Å². The molecule has 0 saturated heterocycles. The smallest absolute Gasteiger partial charge is 0.408 e. The highest BCUT2D eigenvalue weighted by Crippen LogP contribution is 2.11. The first-order valence-corrected chi connectivity index (χ1v) is 6.24. The molecule has 6 nitrogen and oxygen atoms in total. The summed E-state index contributed by atoms with van der Waals surface area (Å²) in [6.45, 7) is 5.13. The van der Waals surface area contributed by atoms with Crippen molar-refractivity contribution in [3.8, 4) is 0 Å². The van der Waals surface area contributed by atoms with Crippen molar-refractivity contribution < 1.29 is 19.4 Å². The van der Waals surface area contributed by atoms with Gasteiger partial charge < -0.3 is 20.9 Å². The number of nitrogens with one attached hydrogen (secondary N) is 1. The number of nitrogen functional groups attached to an aromatic ring is 1. The lowest BCUT2D eigenvalue weighted by Gasteiger charge is -2.22. The van der Waals surface area contributed by atoms with E-state index in [2.05, 4.69) is 5.32 Å². The first-order chi connectivity index (χ1) is 9.17. The van der Waals surface area contributed by atoms with E-state index < -0.39 is 23.7 Å². The Bertz CT molecular complexity index is 494. The molecule has 0 unspecified atom stereocenters. The van der Waals surface area contributed by atoms with Crippen LogP contribution in [0.25, 0.3) is 0 Å². The van der Waals surface area contributed by atoms with Crippen LogP contribution in [0.3, 0.4) is 0 Å². The van der Waals surface area contributed by atoms with Crippen LogP contribution in [-0.2, 0) is 16.0 Å². The van der Waals surface area contributed by atoms with Crippen molar-refractivity contribution in [2.75, 3.05) is 5.73 Å². The summed E-state index contributed by atoms with van der Waals surface area (Å²) in [5.41, 5.74) is 6.23. The molecule has 110 valence electrons. The van der Waals surface area contributed by atoms with Crippen molar-refractivity contribution in [1.29, 1.82) is 0 Å². The zero-order valence-electron chi connectivity index (χ0n) is 11.8. The van der Waals surface area contributed by atoms with Gasteiger partial charge in [-0.1, -0.05) is 12.1 Å². The van der Waals surface area contributed by atoms with Gasteiger partial charge in [0.25, 0.3) is 0 Å². The molecule has 1 aromatic rings. The minimum absolute atomic E-state index is 0.139. The summed E-state index contributed by atoms with van der Waals surface area (Å²) < 4.78 is 5.04. The first-order valence-electron chi connectivity index (χ1n) is 6.24. The van der Waals surface area contributed by atoms with Gasteiger partial charge in [-0.15, -0.1) is 0 Å². The van der Waals surface area contributed by atoms with Gasteiger partial charge in [-0.3, -0.25) is 0 Å². The second-order valence-electron chi connectivity index (χ2n) is 5.49. The number of hydrogen-bond acceptors (Lipinski definition) is 4. The van der Waals surface area contributed by atoms with E-state index in [1.165, 1.54) is 0 Å². The third kappa shape index (κ3) is 5.60. The molecular weight excluding hydrogens is 260 g/mol. The van der Waals surface area contributed by atoms with Crippen LogP contribution in [0.4, 0.5) is 10.5 Å². The zero-order valence-corrected chi connectivity index (χ0v) is 11.8. The third-order valence-corrected chi connectivity index (χ3v) is 2.38. The van der Waals surface area contributed by atoms with Crippen LogP contribution in [0.1, 0.15) is 26.3 Å². The van der Waals surface area contributed by atoms with Crippen LogP contribution in [0.2, 0.25) is 0 Å². The maximum Gasteiger partial charge on any atom is 0.408 e. The number of ether oxygens (including phenoxy) is 1. The standard InChI is InChI=1S/C14H20N2O4/c1-14(2,3)20-13(19)16-11(12(17)18)8-9-5-4-6-10(15)7-9/h4-7,11H,8,15H2,1-3H3,(H,16,19)(H,17,18)/t11-/m0/s1. The first kappa shape index (κ1) is 15.8. The van der Waals surface area contributed by atoms with Crippen LogP contribution in [-0.4, -0.2) is 28.8 Å². The van der Waals surface area contributed by atoms with E-state index in [9.17, 15) is 9.59 Å². The Morgan fingerprint density at radius 3 is 2.55 bits per heavy atom. The Labute approximate surface area is 117 Å². The lowest BCUT2D eigenvalue weighted by atomic mass is 10.1. The number of carboxylic acids is 1. The molecule has 6 heteroatoms. The highest BCUT2D eigenvalue weighted by atomic mass is 16.6. The van der Waals surface area contributed by atoms with E-state index in [1.54, 1.807) is 45.0 Å². The Hall–Kier alpha value is -2.24. The highest BCUT2D eigenvalue weighted by molar-refractivity contribution is 5.80. The number of rotatable bonds is 4. The summed E-state index contributed by atoms with van der Waals surface area (Å²) in [6, 6.07) is 5.81. The topological polar surface area (TPSA) is 102 Å². The van der Waals surface area contributed by atoms with Crippen LogP contribution < -0.4 is 11.1 Å². The molecular formula is C14H20N2O4. The van der Waals surface area contributed by atoms with Gasteiger partial charge in [-0.2, -0.15) is 0 Å². The third-order valence-electron chi connectivity index (χ3n) is 2.38. The van der Waals surface area contributed by atoms with Gasteiger partial charge in [0.1, 0.15) is 11.6 Å². The summed E-state index contributed by atoms with van der Waals surface area (Å²) in [6.07, 6.45) is -0.617. The van der Waals surface area contributed by atoms with Crippen molar-refractivity contribution in [2.45, 2.75) is 38.8 Å². The van der Waals surface area contributed by atoms with Gasteiger partial charge in [-0.05, 0) is 38.5 Å². The number of amides is 1. The average Bonchev–Trinajstić information content (AvgIpc) is 2.25. The van der Waals surface area contributed by atoms with E-state index >= 15 is 0 Å². The molecule has 0 aliphatic heterocycles. The highest BCUT2D eigenvalue weighted by Gasteiger charge is 2.24. The van der Waals surface area contributed by atoms with Gasteiger partial charge in [0, 0.05) is 12.1 Å². The van der Waals surface area contributed by atoms with Crippen molar-refractivity contribution >= 4 is 17.7 Å². The van der Waals surface area contributed by atoms with E-state index in [0.717, 1.165) is 5.56 Å². The van der Waals surface area contributed by atoms with Crippen molar-refractivity contribution in [2.24, 2.45) is 0 Å². The molecule has 0 aliphatic rings. The van der Waals surface area contributed by atoms with Crippen molar-refractivity contribution in [1.82, 2.24) is 5.32 Å². The Morgan fingerprint density at radius 1 is 1.40 bits per heavy atom. The predicted molar refractivity (Wildman–Crippen MR) is 75.4 cm³/mol. The predicted octanol–water partition coefficient (Wildman–Crippen LogP) is 1.79. The zero-order chi connectivity index (χ0) is 15.3. The lowest BCUT2D eigenvalue weighted by molar-refractivity contribution is -0.139. The minimum Gasteiger partial charge on any atom is -0.480 e. The van der Waals surface area contributed by atoms with Gasteiger partial charge in [0.05, 0.1) is 0 Å². The van der Waals surface area contributed by atoms with E-state index in [-0.39, 0.29) is 6.42 Å². The number of benzene rings is 1. The summed E-state index contributed by atoms with van der Waals surface area (Å²) in [5, 5.41) is 11.5. The number of alkyl carbamates (subject to hydrolysis) is 1. The monoisotopic (exact) mass is 280 g/mol. The number of carboxylic acid groups (broad SMARTS) is 1. The van der Waals surface area contributed by atoms with Gasteiger partial charge in [0.15, 0.2) is 0 Å². The molecule has 0 aliphatic carbocycles. The number of hydrogen-bond donors (Lipinski definition) is 3. The maximum absolute atomic E-state index is 11.6. The summed E-state index contributed by atoms with van der Waals surface area (Å²) in [5.74, 6) is -1.13. The number of carbonyl (C=O) groups excluding carboxylic acids is 1. The molecule has 1 rings (SSSR count). The Kier molecular flexibility index (Phi) is 4.96. The van der Waals surface area contributed by atoms with Gasteiger partial charge in [-0.25, -0.2) is 9.59 Å². The molecule has 1 aromatic carbocycles. The average molecular weight is 280 g/mol. The molecule has 1 atom stereocenters.